The van der Waals surface area contributed by atoms with Gasteiger partial charge in [0.15, 0.2) is 0 Å². The van der Waals surface area contributed by atoms with E-state index in [2.05, 4.69) is 9.88 Å². The Hall–Kier alpha value is -2.55. The second-order valence-corrected chi connectivity index (χ2v) is 9.35. The van der Waals surface area contributed by atoms with Crippen LogP contribution in [0.2, 0.25) is 0 Å². The van der Waals surface area contributed by atoms with E-state index in [0.717, 1.165) is 49.0 Å². The molecule has 2 heterocycles. The smallest absolute Gasteiger partial charge is 0.269 e. The fourth-order valence-electron chi connectivity index (χ4n) is 4.84. The molecule has 2 N–H and O–H groups in total. The third kappa shape index (κ3) is 3.45. The van der Waals surface area contributed by atoms with Gasteiger partial charge in [0.2, 0.25) is 0 Å². The van der Waals surface area contributed by atoms with Gasteiger partial charge in [-0.1, -0.05) is 0 Å². The van der Waals surface area contributed by atoms with E-state index in [1.807, 2.05) is 18.2 Å². The van der Waals surface area contributed by atoms with Crippen molar-refractivity contribution in [1.82, 2.24) is 9.88 Å². The third-order valence-corrected chi connectivity index (χ3v) is 6.64. The van der Waals surface area contributed by atoms with Crippen LogP contribution in [-0.2, 0) is 28.8 Å². The summed E-state index contributed by atoms with van der Waals surface area (Å²) in [6.07, 6.45) is 3.11. The molecule has 5 rings (SSSR count). The van der Waals surface area contributed by atoms with Crippen molar-refractivity contribution >= 4 is 21.0 Å². The van der Waals surface area contributed by atoms with Crippen molar-refractivity contribution in [3.05, 3.63) is 53.2 Å². The molecule has 1 unspecified atom stereocenters. The van der Waals surface area contributed by atoms with E-state index >= 15 is 0 Å². The first-order valence-corrected chi connectivity index (χ1v) is 11.7. The molecule has 30 heavy (non-hydrogen) atoms. The predicted molar refractivity (Wildman–Crippen MR) is 114 cm³/mol. The van der Waals surface area contributed by atoms with Crippen molar-refractivity contribution in [2.75, 3.05) is 13.7 Å². The Morgan fingerprint density at radius 1 is 1.17 bits per heavy atom. The van der Waals surface area contributed by atoms with E-state index in [9.17, 15) is 13.0 Å². The summed E-state index contributed by atoms with van der Waals surface area (Å²) in [5.41, 5.74) is 3.97. The van der Waals surface area contributed by atoms with Crippen LogP contribution in [0, 0.1) is 0 Å². The Kier molecular flexibility index (Phi) is 4.72. The standard InChI is InChI=1S/C22H24N2O5S/c1-28-15-5-7-16(8-6-15)29-17-11-14(13-30(25,26)27)21-19(12-17)18-3-2-4-20-22(18)24(21)10-9-23-20/h5-8,11-12,20,23H,2-4,9-10,13H2,1H3,(H,25,26,27). The lowest BCUT2D eigenvalue weighted by molar-refractivity contribution is 0.384. The van der Waals surface area contributed by atoms with Gasteiger partial charge in [-0.25, -0.2) is 0 Å². The van der Waals surface area contributed by atoms with E-state index in [-0.39, 0.29) is 0 Å². The molecular weight excluding hydrogens is 404 g/mol. The predicted octanol–water partition coefficient (Wildman–Crippen LogP) is 3.81. The van der Waals surface area contributed by atoms with Crippen molar-refractivity contribution in [2.45, 2.75) is 37.6 Å². The second-order valence-electron chi connectivity index (χ2n) is 7.90. The summed E-state index contributed by atoms with van der Waals surface area (Å²) in [7, 11) is -2.59. The maximum atomic E-state index is 11.8. The molecule has 0 radical (unpaired) electrons. The van der Waals surface area contributed by atoms with Crippen molar-refractivity contribution in [3.63, 3.8) is 0 Å². The highest BCUT2D eigenvalue weighted by Gasteiger charge is 2.31. The van der Waals surface area contributed by atoms with Gasteiger partial charge in [-0.2, -0.15) is 8.42 Å². The summed E-state index contributed by atoms with van der Waals surface area (Å²) in [5, 5.41) is 4.60. The molecule has 7 nitrogen and oxygen atoms in total. The monoisotopic (exact) mass is 428 g/mol. The molecule has 2 aromatic carbocycles. The molecule has 0 fully saturated rings. The number of fused-ring (bicyclic) bond motifs is 3. The van der Waals surface area contributed by atoms with Crippen LogP contribution in [0.15, 0.2) is 36.4 Å². The van der Waals surface area contributed by atoms with Crippen LogP contribution < -0.4 is 14.8 Å². The van der Waals surface area contributed by atoms with Gasteiger partial charge in [-0.3, -0.25) is 4.55 Å². The van der Waals surface area contributed by atoms with Crippen LogP contribution in [0.1, 0.15) is 35.7 Å². The van der Waals surface area contributed by atoms with Gasteiger partial charge in [0.1, 0.15) is 23.0 Å². The van der Waals surface area contributed by atoms with Crippen molar-refractivity contribution in [2.24, 2.45) is 0 Å². The molecule has 0 bridgehead atoms. The Morgan fingerprint density at radius 2 is 1.93 bits per heavy atom. The summed E-state index contributed by atoms with van der Waals surface area (Å²) >= 11 is 0. The number of nitrogens with one attached hydrogen (secondary N) is 1. The number of aromatic nitrogens is 1. The molecule has 0 saturated carbocycles. The lowest BCUT2D eigenvalue weighted by atomic mass is 9.90. The molecule has 1 aliphatic carbocycles. The molecule has 0 spiro atoms. The SMILES string of the molecule is COc1ccc(Oc2cc(CS(=O)(=O)O)c3c(c2)c2c4n3CCNC4CCC2)cc1. The van der Waals surface area contributed by atoms with E-state index in [4.69, 9.17) is 9.47 Å². The Morgan fingerprint density at radius 3 is 2.67 bits per heavy atom. The molecule has 8 heteroatoms. The van der Waals surface area contributed by atoms with E-state index in [0.29, 0.717) is 23.1 Å². The van der Waals surface area contributed by atoms with Gasteiger partial charge in [-0.15, -0.1) is 0 Å². The van der Waals surface area contributed by atoms with E-state index in [1.54, 1.807) is 25.3 Å². The highest BCUT2D eigenvalue weighted by Crippen LogP contribution is 2.42. The van der Waals surface area contributed by atoms with Gasteiger partial charge in [-0.05, 0) is 66.8 Å². The van der Waals surface area contributed by atoms with Crippen LogP contribution in [0.5, 0.6) is 17.2 Å². The van der Waals surface area contributed by atoms with Crippen LogP contribution in [0.4, 0.5) is 0 Å². The van der Waals surface area contributed by atoms with Crippen LogP contribution in [-0.4, -0.2) is 31.2 Å². The molecule has 2 aliphatic rings. The molecule has 0 amide bonds. The van der Waals surface area contributed by atoms with Gasteiger partial charge < -0.3 is 19.4 Å². The number of hydrogen-bond donors (Lipinski definition) is 2. The molecule has 3 aromatic rings. The number of methoxy groups -OCH3 is 1. The second kappa shape index (κ2) is 7.30. The number of rotatable bonds is 5. The Bertz CT molecular complexity index is 1210. The van der Waals surface area contributed by atoms with Gasteiger partial charge in [0.25, 0.3) is 10.1 Å². The van der Waals surface area contributed by atoms with Crippen LogP contribution in [0.25, 0.3) is 10.9 Å². The summed E-state index contributed by atoms with van der Waals surface area (Å²) in [4.78, 5) is 0. The molecule has 158 valence electrons. The van der Waals surface area contributed by atoms with E-state index in [1.165, 1.54) is 11.3 Å². The number of ether oxygens (including phenoxy) is 2. The molecule has 1 atom stereocenters. The number of nitrogens with zero attached hydrogens (tertiary/aromatic N) is 1. The molecular formula is C22H24N2O5S. The largest absolute Gasteiger partial charge is 0.497 e. The number of aryl methyl sites for hydroxylation is 1. The summed E-state index contributed by atoms with van der Waals surface area (Å²) in [6, 6.07) is 11.2. The van der Waals surface area contributed by atoms with Gasteiger partial charge in [0, 0.05) is 30.2 Å². The normalized spacial score (nSPS) is 18.3. The first kappa shape index (κ1) is 19.4. The Labute approximate surface area is 175 Å². The summed E-state index contributed by atoms with van der Waals surface area (Å²) in [5.74, 6) is 1.48. The highest BCUT2D eigenvalue weighted by molar-refractivity contribution is 7.85. The maximum absolute atomic E-state index is 11.8. The third-order valence-electron chi connectivity index (χ3n) is 5.97. The van der Waals surface area contributed by atoms with Gasteiger partial charge in [0.05, 0.1) is 12.6 Å². The average Bonchev–Trinajstić information content (AvgIpc) is 3.04. The highest BCUT2D eigenvalue weighted by atomic mass is 32.2. The fourth-order valence-corrected chi connectivity index (χ4v) is 5.46. The minimum Gasteiger partial charge on any atom is -0.497 e. The zero-order chi connectivity index (χ0) is 20.9. The van der Waals surface area contributed by atoms with Crippen LogP contribution >= 0.6 is 0 Å². The van der Waals surface area contributed by atoms with Crippen molar-refractivity contribution in [3.8, 4) is 17.2 Å². The number of benzene rings is 2. The topological polar surface area (TPSA) is 89.8 Å². The lowest BCUT2D eigenvalue weighted by Crippen LogP contribution is -2.35. The lowest BCUT2D eigenvalue weighted by Gasteiger charge is -2.31. The molecule has 1 aromatic heterocycles. The molecule has 0 saturated heterocycles. The van der Waals surface area contributed by atoms with Gasteiger partial charge >= 0.3 is 0 Å². The average molecular weight is 429 g/mol. The summed E-state index contributed by atoms with van der Waals surface area (Å²) < 4.78 is 46.7. The zero-order valence-corrected chi connectivity index (χ0v) is 17.5. The van der Waals surface area contributed by atoms with Crippen LogP contribution in [0.3, 0.4) is 0 Å². The first-order chi connectivity index (χ1) is 14.4. The van der Waals surface area contributed by atoms with Crippen molar-refractivity contribution in [1.29, 1.82) is 0 Å². The number of hydrogen-bond acceptors (Lipinski definition) is 5. The quantitative estimate of drug-likeness (QED) is 0.601. The zero-order valence-electron chi connectivity index (χ0n) is 16.7. The maximum Gasteiger partial charge on any atom is 0.269 e. The van der Waals surface area contributed by atoms with Crippen molar-refractivity contribution < 1.29 is 22.4 Å². The summed E-state index contributed by atoms with van der Waals surface area (Å²) in [6.45, 7) is 1.62. The van der Waals surface area contributed by atoms with E-state index < -0.39 is 15.9 Å². The molecule has 1 aliphatic heterocycles. The minimum absolute atomic E-state index is 0.291. The minimum atomic E-state index is -4.19. The first-order valence-electron chi connectivity index (χ1n) is 10.1. The Balaban J connectivity index is 1.67. The fraction of sp³-hybridized carbons (Fsp3) is 0.364.